The Balaban J connectivity index is 1.51. The van der Waals surface area contributed by atoms with E-state index in [1.54, 1.807) is 13.3 Å². The molecule has 1 aliphatic rings. The Hall–Kier alpha value is -2.38. The van der Waals surface area contributed by atoms with Gasteiger partial charge >= 0.3 is 0 Å². The molecule has 1 aromatic carbocycles. The molecular weight excluding hydrogens is 318 g/mol. The fourth-order valence-electron chi connectivity index (χ4n) is 2.97. The van der Waals surface area contributed by atoms with Gasteiger partial charge in [0, 0.05) is 30.9 Å². The van der Waals surface area contributed by atoms with Crippen LogP contribution in [0.25, 0.3) is 0 Å². The van der Waals surface area contributed by atoms with E-state index in [1.165, 1.54) is 0 Å². The maximum absolute atomic E-state index is 12.4. The smallest absolute Gasteiger partial charge is 0.238 e. The lowest BCUT2D eigenvalue weighted by atomic mass is 10.0. The van der Waals surface area contributed by atoms with Gasteiger partial charge in [-0.05, 0) is 30.5 Å². The molecule has 1 aliphatic heterocycles. The third kappa shape index (κ3) is 4.37. The van der Waals surface area contributed by atoms with Crippen LogP contribution >= 0.6 is 0 Å². The average molecular weight is 343 g/mol. The molecule has 3 rings (SSSR count). The molecule has 0 spiro atoms. The molecule has 0 radical (unpaired) electrons. The number of hydrogen-bond acceptors (Lipinski definition) is 5. The normalized spacial score (nSPS) is 19.8. The predicted molar refractivity (Wildman–Crippen MR) is 94.8 cm³/mol. The first-order valence-corrected chi connectivity index (χ1v) is 8.63. The Morgan fingerprint density at radius 1 is 1.44 bits per heavy atom. The number of amides is 1. The molecule has 1 fully saturated rings. The van der Waals surface area contributed by atoms with Crippen molar-refractivity contribution < 1.29 is 9.53 Å². The number of ether oxygens (including phenoxy) is 1. The van der Waals surface area contributed by atoms with Crippen LogP contribution in [0.15, 0.2) is 36.7 Å². The van der Waals surface area contributed by atoms with E-state index in [-0.39, 0.29) is 18.0 Å². The Bertz CT molecular complexity index is 715. The maximum Gasteiger partial charge on any atom is 0.238 e. The van der Waals surface area contributed by atoms with E-state index in [0.29, 0.717) is 13.0 Å². The fraction of sp³-hybridized carbons (Fsp3) is 0.444. The molecule has 2 unspecified atom stereocenters. The molecule has 3 N–H and O–H groups in total. The Morgan fingerprint density at radius 2 is 2.32 bits per heavy atom. The number of rotatable bonds is 7. The van der Waals surface area contributed by atoms with E-state index in [1.807, 2.05) is 35.1 Å². The van der Waals surface area contributed by atoms with Crippen LogP contribution in [0.3, 0.4) is 0 Å². The van der Waals surface area contributed by atoms with Crippen LogP contribution in [-0.2, 0) is 17.9 Å². The van der Waals surface area contributed by atoms with Gasteiger partial charge in [0.1, 0.15) is 11.8 Å². The van der Waals surface area contributed by atoms with E-state index >= 15 is 0 Å². The van der Waals surface area contributed by atoms with Crippen molar-refractivity contribution in [2.45, 2.75) is 44.9 Å². The van der Waals surface area contributed by atoms with E-state index in [9.17, 15) is 4.79 Å². The first-order chi connectivity index (χ1) is 12.2. The number of aryl methyl sites for hydroxylation is 1. The van der Waals surface area contributed by atoms with Gasteiger partial charge in [-0.15, -0.1) is 0 Å². The second kappa shape index (κ2) is 8.13. The number of carbonyl (C=O) groups is 1. The molecule has 0 bridgehead atoms. The largest absolute Gasteiger partial charge is 0.497 e. The second-order valence-electron chi connectivity index (χ2n) is 6.24. The van der Waals surface area contributed by atoms with Crippen LogP contribution in [0.5, 0.6) is 5.75 Å². The quantitative estimate of drug-likeness (QED) is 0.710. The maximum atomic E-state index is 12.4. The summed E-state index contributed by atoms with van der Waals surface area (Å²) in [5, 5.41) is 7.25. The van der Waals surface area contributed by atoms with Crippen LogP contribution in [0.4, 0.5) is 0 Å². The first-order valence-electron chi connectivity index (χ1n) is 8.63. The fourth-order valence-corrected chi connectivity index (χ4v) is 2.97. The molecule has 134 valence electrons. The first kappa shape index (κ1) is 17.4. The number of carbonyl (C=O) groups excluding carboxylic acids is 1. The molecule has 1 amide bonds. The van der Waals surface area contributed by atoms with Gasteiger partial charge in [-0.25, -0.2) is 10.9 Å². The molecule has 1 aromatic heterocycles. The summed E-state index contributed by atoms with van der Waals surface area (Å²) in [6.45, 7) is 3.50. The number of nitrogens with zero attached hydrogens (tertiary/aromatic N) is 2. The zero-order chi connectivity index (χ0) is 17.6. The van der Waals surface area contributed by atoms with Crippen LogP contribution in [0.1, 0.15) is 36.9 Å². The van der Waals surface area contributed by atoms with Gasteiger partial charge in [-0.1, -0.05) is 19.1 Å². The zero-order valence-electron chi connectivity index (χ0n) is 14.7. The van der Waals surface area contributed by atoms with Crippen LogP contribution < -0.4 is 20.9 Å². The third-order valence-electron chi connectivity index (χ3n) is 4.32. The lowest BCUT2D eigenvalue weighted by molar-refractivity contribution is -0.123. The third-order valence-corrected chi connectivity index (χ3v) is 4.32. The minimum Gasteiger partial charge on any atom is -0.497 e. The number of hydrazine groups is 1. The summed E-state index contributed by atoms with van der Waals surface area (Å²) in [6.07, 6.45) is 5.50. The number of hydrogen-bond donors (Lipinski definition) is 3. The highest BCUT2D eigenvalue weighted by Crippen LogP contribution is 2.25. The predicted octanol–water partition coefficient (Wildman–Crippen LogP) is 1.53. The monoisotopic (exact) mass is 343 g/mol. The van der Waals surface area contributed by atoms with E-state index in [2.05, 4.69) is 28.2 Å². The summed E-state index contributed by atoms with van der Waals surface area (Å²) >= 11 is 0. The van der Waals surface area contributed by atoms with Gasteiger partial charge in [0.15, 0.2) is 0 Å². The van der Waals surface area contributed by atoms with Gasteiger partial charge in [0.2, 0.25) is 5.91 Å². The molecule has 2 heterocycles. The van der Waals surface area contributed by atoms with Gasteiger partial charge in [-0.2, -0.15) is 5.10 Å². The van der Waals surface area contributed by atoms with Crippen molar-refractivity contribution in [3.63, 3.8) is 0 Å². The van der Waals surface area contributed by atoms with Crippen molar-refractivity contribution in [2.24, 2.45) is 0 Å². The van der Waals surface area contributed by atoms with Crippen LogP contribution in [-0.4, -0.2) is 28.8 Å². The van der Waals surface area contributed by atoms with Gasteiger partial charge in [0.25, 0.3) is 0 Å². The summed E-state index contributed by atoms with van der Waals surface area (Å²) in [6, 6.07) is 7.71. The molecule has 7 heteroatoms. The van der Waals surface area contributed by atoms with Crippen LogP contribution in [0.2, 0.25) is 0 Å². The SMILES string of the molecule is CCCn1cc(CNC(=O)C2CC(c3cccc(OC)c3)NN2)cn1. The van der Waals surface area contributed by atoms with Gasteiger partial charge in [0.05, 0.1) is 13.3 Å². The lowest BCUT2D eigenvalue weighted by Gasteiger charge is -2.11. The second-order valence-corrected chi connectivity index (χ2v) is 6.24. The topological polar surface area (TPSA) is 80.2 Å². The minimum absolute atomic E-state index is 0.0128. The summed E-state index contributed by atoms with van der Waals surface area (Å²) < 4.78 is 7.16. The molecule has 25 heavy (non-hydrogen) atoms. The number of benzene rings is 1. The van der Waals surface area contributed by atoms with Crippen molar-refractivity contribution in [3.05, 3.63) is 47.8 Å². The molecule has 0 saturated carbocycles. The molecule has 2 atom stereocenters. The van der Waals surface area contributed by atoms with Crippen molar-refractivity contribution in [1.82, 2.24) is 25.9 Å². The number of nitrogens with one attached hydrogen (secondary N) is 3. The molecule has 1 saturated heterocycles. The van der Waals surface area contributed by atoms with E-state index in [0.717, 1.165) is 29.8 Å². The summed E-state index contributed by atoms with van der Waals surface area (Å²) in [7, 11) is 1.65. The highest BCUT2D eigenvalue weighted by atomic mass is 16.5. The molecule has 2 aromatic rings. The van der Waals surface area contributed by atoms with Crippen molar-refractivity contribution in [2.75, 3.05) is 7.11 Å². The summed E-state index contributed by atoms with van der Waals surface area (Å²) in [5.41, 5.74) is 8.38. The Labute approximate surface area is 147 Å². The van der Waals surface area contributed by atoms with Crippen molar-refractivity contribution in [1.29, 1.82) is 0 Å². The van der Waals surface area contributed by atoms with Gasteiger partial charge < -0.3 is 10.1 Å². The lowest BCUT2D eigenvalue weighted by Crippen LogP contribution is -2.42. The Morgan fingerprint density at radius 3 is 3.12 bits per heavy atom. The highest BCUT2D eigenvalue weighted by molar-refractivity contribution is 5.82. The summed E-state index contributed by atoms with van der Waals surface area (Å²) in [4.78, 5) is 12.4. The van der Waals surface area contributed by atoms with Crippen molar-refractivity contribution >= 4 is 5.91 Å². The summed E-state index contributed by atoms with van der Waals surface area (Å²) in [5.74, 6) is 0.803. The van der Waals surface area contributed by atoms with Gasteiger partial charge in [-0.3, -0.25) is 9.48 Å². The number of methoxy groups -OCH3 is 1. The van der Waals surface area contributed by atoms with Crippen LogP contribution in [0, 0.1) is 0 Å². The Kier molecular flexibility index (Phi) is 5.67. The zero-order valence-corrected chi connectivity index (χ0v) is 14.7. The van der Waals surface area contributed by atoms with E-state index in [4.69, 9.17) is 4.74 Å². The number of aromatic nitrogens is 2. The molecule has 7 nitrogen and oxygen atoms in total. The van der Waals surface area contributed by atoms with E-state index < -0.39 is 0 Å². The highest BCUT2D eigenvalue weighted by Gasteiger charge is 2.30. The molecule has 0 aliphatic carbocycles. The average Bonchev–Trinajstić information content (AvgIpc) is 3.30. The molecular formula is C18H25N5O2. The standard InChI is InChI=1S/C18H25N5O2/c1-3-7-23-12-13(11-20-23)10-19-18(24)17-9-16(21-22-17)14-5-4-6-15(8-14)25-2/h4-6,8,11-12,16-17,21-22H,3,7,9-10H2,1-2H3,(H,19,24). The van der Waals surface area contributed by atoms with Crippen molar-refractivity contribution in [3.8, 4) is 5.75 Å². The minimum atomic E-state index is -0.262.